The zero-order chi connectivity index (χ0) is 13.1. The number of hydrogen-bond donors (Lipinski definition) is 0. The van der Waals surface area contributed by atoms with Crippen LogP contribution in [-0.2, 0) is 6.42 Å². The molecule has 0 radical (unpaired) electrons. The number of pyridine rings is 1. The molecule has 0 fully saturated rings. The molecule has 1 aromatic carbocycles. The maximum atomic E-state index is 4.89. The Hall–Kier alpha value is -1.67. The van der Waals surface area contributed by atoms with Crippen LogP contribution in [0.3, 0.4) is 0 Å². The molecule has 3 rings (SSSR count). The van der Waals surface area contributed by atoms with Crippen LogP contribution in [0, 0.1) is 0 Å². The van der Waals surface area contributed by atoms with Crippen molar-refractivity contribution in [2.24, 2.45) is 0 Å². The molecule has 2 heterocycles. The number of unbranched alkanes of at least 4 members (excludes halogenated alkanes) is 1. The zero-order valence-corrected chi connectivity index (χ0v) is 11.9. The van der Waals surface area contributed by atoms with Crippen LogP contribution < -0.4 is 0 Å². The number of benzene rings is 1. The van der Waals surface area contributed by atoms with E-state index in [2.05, 4.69) is 54.8 Å². The first-order chi connectivity index (χ1) is 9.38. The predicted molar refractivity (Wildman–Crippen MR) is 83.7 cm³/mol. The van der Waals surface area contributed by atoms with Crippen LogP contribution >= 0.6 is 11.3 Å². The molecule has 2 aromatic heterocycles. The quantitative estimate of drug-likeness (QED) is 0.624. The van der Waals surface area contributed by atoms with Crippen LogP contribution in [0.15, 0.2) is 47.8 Å². The summed E-state index contributed by atoms with van der Waals surface area (Å²) in [6.45, 7) is 2.23. The third kappa shape index (κ3) is 2.54. The molecule has 0 aliphatic heterocycles. The Morgan fingerprint density at radius 3 is 2.79 bits per heavy atom. The van der Waals surface area contributed by atoms with E-state index in [9.17, 15) is 0 Å². The van der Waals surface area contributed by atoms with E-state index in [0.717, 1.165) is 12.1 Å². The molecule has 2 heteroatoms. The lowest BCUT2D eigenvalue weighted by Gasteiger charge is -2.08. The highest BCUT2D eigenvalue weighted by Crippen LogP contribution is 2.28. The molecule has 0 saturated heterocycles. The minimum atomic E-state index is 1.07. The number of thiophene rings is 1. The average Bonchev–Trinajstić information content (AvgIpc) is 2.98. The first kappa shape index (κ1) is 12.4. The summed E-state index contributed by atoms with van der Waals surface area (Å²) in [5.74, 6) is 0. The average molecular weight is 267 g/mol. The highest BCUT2D eigenvalue weighted by atomic mass is 32.1. The lowest BCUT2D eigenvalue weighted by atomic mass is 10.0. The second-order valence-electron chi connectivity index (χ2n) is 4.76. The highest BCUT2D eigenvalue weighted by Gasteiger charge is 2.07. The third-order valence-corrected chi connectivity index (χ3v) is 4.25. The Kier molecular flexibility index (Phi) is 3.60. The van der Waals surface area contributed by atoms with Crippen molar-refractivity contribution in [2.75, 3.05) is 0 Å². The summed E-state index contributed by atoms with van der Waals surface area (Å²) in [7, 11) is 0. The molecule has 0 unspecified atom stereocenters. The van der Waals surface area contributed by atoms with E-state index in [0.29, 0.717) is 0 Å². The Labute approximate surface area is 117 Å². The van der Waals surface area contributed by atoms with Crippen LogP contribution in [0.25, 0.3) is 21.3 Å². The second-order valence-corrected chi connectivity index (χ2v) is 5.70. The van der Waals surface area contributed by atoms with E-state index in [1.54, 1.807) is 11.3 Å². The van der Waals surface area contributed by atoms with Crippen LogP contribution in [0.1, 0.15) is 25.5 Å². The Morgan fingerprint density at radius 2 is 2.00 bits per heavy atom. The topological polar surface area (TPSA) is 12.9 Å². The maximum absolute atomic E-state index is 4.89. The predicted octanol–water partition coefficient (Wildman–Crippen LogP) is 5.31. The number of nitrogens with zero attached hydrogens (tertiary/aromatic N) is 1. The van der Waals surface area contributed by atoms with Gasteiger partial charge in [-0.25, -0.2) is 0 Å². The smallest absolute Gasteiger partial charge is 0.0811 e. The lowest BCUT2D eigenvalue weighted by molar-refractivity contribution is 0.783. The van der Waals surface area contributed by atoms with Crippen molar-refractivity contribution in [1.29, 1.82) is 0 Å². The van der Waals surface area contributed by atoms with Crippen LogP contribution in [0.4, 0.5) is 0 Å². The van der Waals surface area contributed by atoms with Crippen LogP contribution in [0.2, 0.25) is 0 Å². The fourth-order valence-corrected chi connectivity index (χ4v) is 3.04. The van der Waals surface area contributed by atoms with Gasteiger partial charge in [0.2, 0.25) is 0 Å². The summed E-state index contributed by atoms with van der Waals surface area (Å²) < 4.78 is 0. The Bertz CT molecular complexity index is 671. The van der Waals surface area contributed by atoms with Gasteiger partial charge in [0.25, 0.3) is 0 Å². The first-order valence-electron chi connectivity index (χ1n) is 6.81. The second kappa shape index (κ2) is 5.54. The lowest BCUT2D eigenvalue weighted by Crippen LogP contribution is -1.94. The Morgan fingerprint density at radius 1 is 1.11 bits per heavy atom. The molecule has 96 valence electrons. The zero-order valence-electron chi connectivity index (χ0n) is 11.1. The molecule has 19 heavy (non-hydrogen) atoms. The molecule has 0 atom stereocenters. The first-order valence-corrected chi connectivity index (χ1v) is 7.69. The Balaban J connectivity index is 2.15. The number of rotatable bonds is 4. The molecule has 0 saturated carbocycles. The van der Waals surface area contributed by atoms with Gasteiger partial charge in [0.1, 0.15) is 0 Å². The summed E-state index contributed by atoms with van der Waals surface area (Å²) >= 11 is 1.75. The monoisotopic (exact) mass is 267 g/mol. The number of fused-ring (bicyclic) bond motifs is 1. The van der Waals surface area contributed by atoms with E-state index in [-0.39, 0.29) is 0 Å². The summed E-state index contributed by atoms with van der Waals surface area (Å²) in [6.07, 6.45) is 3.47. The summed E-state index contributed by atoms with van der Waals surface area (Å²) in [5.41, 5.74) is 2.35. The fourth-order valence-electron chi connectivity index (χ4n) is 2.36. The van der Waals surface area contributed by atoms with Crippen molar-refractivity contribution < 1.29 is 0 Å². The van der Waals surface area contributed by atoms with Crippen LogP contribution in [-0.4, -0.2) is 4.98 Å². The van der Waals surface area contributed by atoms with Crippen molar-refractivity contribution in [3.8, 4) is 10.6 Å². The molecular formula is C17H17NS. The van der Waals surface area contributed by atoms with E-state index in [1.165, 1.54) is 34.2 Å². The van der Waals surface area contributed by atoms with Crippen molar-refractivity contribution in [2.45, 2.75) is 26.2 Å². The normalized spacial score (nSPS) is 11.0. The SMILES string of the molecule is CCCCc1nc(-c2cccs2)cc2ccccc12. The molecule has 0 spiro atoms. The molecule has 0 N–H and O–H groups in total. The van der Waals surface area contributed by atoms with Gasteiger partial charge in [-0.05, 0) is 35.7 Å². The van der Waals surface area contributed by atoms with Gasteiger partial charge in [-0.1, -0.05) is 43.7 Å². The standard InChI is InChI=1S/C17H17NS/c1-2-3-9-15-14-8-5-4-7-13(14)12-16(18-15)17-10-6-11-19-17/h4-8,10-12H,2-3,9H2,1H3. The third-order valence-electron chi connectivity index (χ3n) is 3.36. The fraction of sp³-hybridized carbons (Fsp3) is 0.235. The van der Waals surface area contributed by atoms with E-state index in [4.69, 9.17) is 4.98 Å². The van der Waals surface area contributed by atoms with Crippen molar-refractivity contribution in [3.05, 3.63) is 53.5 Å². The van der Waals surface area contributed by atoms with Gasteiger partial charge in [-0.15, -0.1) is 11.3 Å². The number of aryl methyl sites for hydroxylation is 1. The van der Waals surface area contributed by atoms with E-state index >= 15 is 0 Å². The van der Waals surface area contributed by atoms with E-state index < -0.39 is 0 Å². The maximum Gasteiger partial charge on any atom is 0.0811 e. The van der Waals surface area contributed by atoms with Gasteiger partial charge in [0, 0.05) is 11.1 Å². The highest BCUT2D eigenvalue weighted by molar-refractivity contribution is 7.13. The van der Waals surface area contributed by atoms with Gasteiger partial charge >= 0.3 is 0 Å². The summed E-state index contributed by atoms with van der Waals surface area (Å²) in [6, 6.07) is 15.0. The minimum absolute atomic E-state index is 1.07. The molecule has 0 aliphatic carbocycles. The summed E-state index contributed by atoms with van der Waals surface area (Å²) in [4.78, 5) is 6.14. The van der Waals surface area contributed by atoms with Gasteiger partial charge in [-0.2, -0.15) is 0 Å². The van der Waals surface area contributed by atoms with Gasteiger partial charge in [0.05, 0.1) is 10.6 Å². The number of aromatic nitrogens is 1. The van der Waals surface area contributed by atoms with Crippen molar-refractivity contribution >= 4 is 22.1 Å². The van der Waals surface area contributed by atoms with Gasteiger partial charge in [0.15, 0.2) is 0 Å². The van der Waals surface area contributed by atoms with E-state index in [1.807, 2.05) is 0 Å². The number of hydrogen-bond acceptors (Lipinski definition) is 2. The van der Waals surface area contributed by atoms with Crippen LogP contribution in [0.5, 0.6) is 0 Å². The molecular weight excluding hydrogens is 250 g/mol. The minimum Gasteiger partial charge on any atom is -0.251 e. The molecule has 0 amide bonds. The molecule has 1 nitrogen and oxygen atoms in total. The van der Waals surface area contributed by atoms with Gasteiger partial charge in [-0.3, -0.25) is 4.98 Å². The molecule has 0 aliphatic rings. The van der Waals surface area contributed by atoms with Crippen molar-refractivity contribution in [3.63, 3.8) is 0 Å². The molecule has 3 aromatic rings. The van der Waals surface area contributed by atoms with Crippen molar-refractivity contribution in [1.82, 2.24) is 4.98 Å². The van der Waals surface area contributed by atoms with Gasteiger partial charge < -0.3 is 0 Å². The summed E-state index contributed by atoms with van der Waals surface area (Å²) in [5, 5.41) is 4.71. The molecule has 0 bridgehead atoms. The largest absolute Gasteiger partial charge is 0.251 e.